The fraction of sp³-hybridized carbons (Fsp3) is 0.500. The van der Waals surface area contributed by atoms with Crippen LogP contribution < -0.4 is 15.7 Å². The molecular weight excluding hydrogens is 529 g/mol. The first kappa shape index (κ1) is 29.2. The fourth-order valence-electron chi connectivity index (χ4n) is 3.81. The summed E-state index contributed by atoms with van der Waals surface area (Å²) in [6, 6.07) is 6.51. The molecule has 2 aliphatic heterocycles. The number of aromatic nitrogens is 2. The molecule has 202 valence electrons. The second-order valence-electron chi connectivity index (χ2n) is 9.09. The van der Waals surface area contributed by atoms with Crippen molar-refractivity contribution in [2.75, 3.05) is 17.0 Å². The Bertz CT molecular complexity index is 1330. The SMILES string of the molecule is CCCCCCNC(=O)CCCCSc1sc(C)c(C)n2c(=O)nc(NS(=O)(=O)c3ccc(C)cc3)c1-2. The maximum absolute atomic E-state index is 13.0. The molecule has 37 heavy (non-hydrogen) atoms. The third kappa shape index (κ3) is 7.81. The molecule has 0 saturated carbocycles. The summed E-state index contributed by atoms with van der Waals surface area (Å²) in [4.78, 5) is 29.9. The zero-order chi connectivity index (χ0) is 27.0. The molecule has 2 heterocycles. The molecule has 2 aliphatic rings. The molecule has 0 aromatic heterocycles. The second kappa shape index (κ2) is 13.4. The summed E-state index contributed by atoms with van der Waals surface area (Å²) in [7, 11) is -3.91. The normalized spacial score (nSPS) is 11.7. The van der Waals surface area contributed by atoms with E-state index in [9.17, 15) is 18.0 Å². The molecule has 0 spiro atoms. The number of sulfonamides is 1. The van der Waals surface area contributed by atoms with Gasteiger partial charge in [0.2, 0.25) is 5.91 Å². The lowest BCUT2D eigenvalue weighted by atomic mass is 10.2. The van der Waals surface area contributed by atoms with Gasteiger partial charge >= 0.3 is 5.69 Å². The number of rotatable bonds is 14. The maximum Gasteiger partial charge on any atom is 0.354 e. The second-order valence-corrected chi connectivity index (χ2v) is 13.4. The fourth-order valence-corrected chi connectivity index (χ4v) is 7.34. The molecular formula is C26H36N4O4S3. The lowest BCUT2D eigenvalue weighted by Gasteiger charge is -2.16. The van der Waals surface area contributed by atoms with Crippen molar-refractivity contribution in [2.24, 2.45) is 0 Å². The van der Waals surface area contributed by atoms with Crippen LogP contribution in [0.4, 0.5) is 5.82 Å². The monoisotopic (exact) mass is 564 g/mol. The quantitative estimate of drug-likeness (QED) is 0.200. The molecule has 0 bridgehead atoms. The maximum atomic E-state index is 13.0. The number of nitrogens with one attached hydrogen (secondary N) is 2. The number of carbonyl (C=O) groups excluding carboxylic acids is 1. The van der Waals surface area contributed by atoms with Crippen molar-refractivity contribution in [1.29, 1.82) is 0 Å². The molecule has 1 aromatic rings. The Morgan fingerprint density at radius 3 is 2.49 bits per heavy atom. The van der Waals surface area contributed by atoms with Crippen molar-refractivity contribution in [3.63, 3.8) is 0 Å². The molecule has 0 radical (unpaired) electrons. The van der Waals surface area contributed by atoms with E-state index in [0.29, 0.717) is 12.1 Å². The van der Waals surface area contributed by atoms with Crippen molar-refractivity contribution in [3.8, 4) is 5.69 Å². The Morgan fingerprint density at radius 1 is 1.05 bits per heavy atom. The summed E-state index contributed by atoms with van der Waals surface area (Å²) < 4.78 is 30.9. The van der Waals surface area contributed by atoms with Gasteiger partial charge in [-0.3, -0.25) is 14.1 Å². The van der Waals surface area contributed by atoms with Gasteiger partial charge in [0, 0.05) is 23.5 Å². The number of aryl methyl sites for hydroxylation is 2. The molecule has 0 fully saturated rings. The number of nitrogens with zero attached hydrogens (tertiary/aromatic N) is 2. The first-order valence-electron chi connectivity index (χ1n) is 12.7. The number of amides is 1. The van der Waals surface area contributed by atoms with Gasteiger partial charge in [-0.05, 0) is 57.9 Å². The zero-order valence-corrected chi connectivity index (χ0v) is 24.4. The zero-order valence-electron chi connectivity index (χ0n) is 21.9. The summed E-state index contributed by atoms with van der Waals surface area (Å²) in [5.74, 6) is 0.856. The Kier molecular flexibility index (Phi) is 10.6. The van der Waals surface area contributed by atoms with Crippen molar-refractivity contribution < 1.29 is 13.2 Å². The first-order chi connectivity index (χ1) is 17.6. The van der Waals surface area contributed by atoms with E-state index < -0.39 is 15.7 Å². The minimum absolute atomic E-state index is 0.0369. The van der Waals surface area contributed by atoms with Crippen LogP contribution >= 0.6 is 23.1 Å². The Morgan fingerprint density at radius 2 is 1.78 bits per heavy atom. The summed E-state index contributed by atoms with van der Waals surface area (Å²) in [6.07, 6.45) is 6.60. The number of benzene rings is 1. The van der Waals surface area contributed by atoms with Gasteiger partial charge in [-0.15, -0.1) is 23.1 Å². The largest absolute Gasteiger partial charge is 0.356 e. The highest BCUT2D eigenvalue weighted by Crippen LogP contribution is 2.38. The predicted molar refractivity (Wildman–Crippen MR) is 152 cm³/mol. The highest BCUT2D eigenvalue weighted by molar-refractivity contribution is 8.01. The number of imidazole rings is 1. The Hall–Kier alpha value is -2.37. The van der Waals surface area contributed by atoms with Gasteiger partial charge < -0.3 is 5.32 Å². The minimum atomic E-state index is -3.91. The number of carbonyl (C=O) groups is 1. The summed E-state index contributed by atoms with van der Waals surface area (Å²) >= 11 is 3.07. The molecule has 0 unspecified atom stereocenters. The van der Waals surface area contributed by atoms with Gasteiger partial charge in [0.15, 0.2) is 5.82 Å². The van der Waals surface area contributed by atoms with Crippen LogP contribution in [0.2, 0.25) is 0 Å². The summed E-state index contributed by atoms with van der Waals surface area (Å²) in [5, 5.41) is 2.98. The number of hydrogen-bond donors (Lipinski definition) is 2. The summed E-state index contributed by atoms with van der Waals surface area (Å²) in [5.41, 5.74) is 1.65. The Labute approximate surface area is 227 Å². The van der Waals surface area contributed by atoms with Gasteiger partial charge in [0.05, 0.1) is 9.10 Å². The molecule has 0 atom stereocenters. The number of unbranched alkanes of at least 4 members (excludes halogenated alkanes) is 4. The molecule has 11 heteroatoms. The van der Waals surface area contributed by atoms with Crippen molar-refractivity contribution in [2.45, 2.75) is 81.7 Å². The molecule has 2 N–H and O–H groups in total. The van der Waals surface area contributed by atoms with Gasteiger partial charge in [0.1, 0.15) is 5.69 Å². The molecule has 1 aromatic carbocycles. The van der Waals surface area contributed by atoms with E-state index in [0.717, 1.165) is 58.3 Å². The Balaban J connectivity index is 1.68. The number of hydrogen-bond acceptors (Lipinski definition) is 7. The molecule has 0 aliphatic carbocycles. The van der Waals surface area contributed by atoms with Crippen LogP contribution in [0.1, 0.15) is 68.0 Å². The van der Waals surface area contributed by atoms with E-state index in [-0.39, 0.29) is 16.6 Å². The van der Waals surface area contributed by atoms with E-state index in [4.69, 9.17) is 0 Å². The lowest BCUT2D eigenvalue weighted by molar-refractivity contribution is -0.121. The highest BCUT2D eigenvalue weighted by Gasteiger charge is 2.26. The number of anilines is 1. The molecule has 3 rings (SSSR count). The molecule has 8 nitrogen and oxygen atoms in total. The van der Waals surface area contributed by atoms with Crippen LogP contribution in [0.5, 0.6) is 0 Å². The van der Waals surface area contributed by atoms with Crippen molar-refractivity contribution >= 4 is 44.8 Å². The van der Waals surface area contributed by atoms with E-state index in [1.165, 1.54) is 40.9 Å². The van der Waals surface area contributed by atoms with Gasteiger partial charge in [-0.25, -0.2) is 13.2 Å². The molecule has 0 saturated heterocycles. The average Bonchev–Trinajstić information content (AvgIpc) is 3.17. The minimum Gasteiger partial charge on any atom is -0.356 e. The van der Waals surface area contributed by atoms with E-state index in [1.54, 1.807) is 23.9 Å². The van der Waals surface area contributed by atoms with Gasteiger partial charge in [-0.2, -0.15) is 4.98 Å². The molecule has 1 amide bonds. The van der Waals surface area contributed by atoms with Crippen LogP contribution in [0.25, 0.3) is 5.69 Å². The van der Waals surface area contributed by atoms with Crippen LogP contribution in [-0.4, -0.2) is 36.2 Å². The average molecular weight is 565 g/mol. The van der Waals surface area contributed by atoms with E-state index in [1.807, 2.05) is 20.8 Å². The highest BCUT2D eigenvalue weighted by atomic mass is 32.2. The van der Waals surface area contributed by atoms with Crippen molar-refractivity contribution in [3.05, 3.63) is 50.9 Å². The predicted octanol–water partition coefficient (Wildman–Crippen LogP) is 5.42. The standard InChI is InChI=1S/C26H36N4O4S3/c1-5-6-7-9-16-27-22(31)11-8-10-17-35-25-23-24(28-26(32)30(23)19(3)20(4)36-25)29-37(33,34)21-14-12-18(2)13-15-21/h12-15H,5-11,16-17H2,1-4H3,(H,27,31)(H,28,29,32). The van der Waals surface area contributed by atoms with E-state index in [2.05, 4.69) is 21.9 Å². The third-order valence-electron chi connectivity index (χ3n) is 6.08. The third-order valence-corrected chi connectivity index (χ3v) is 9.96. The summed E-state index contributed by atoms with van der Waals surface area (Å²) in [6.45, 7) is 8.54. The number of fused-ring (bicyclic) bond motifs is 1. The van der Waals surface area contributed by atoms with Gasteiger partial charge in [0.25, 0.3) is 10.0 Å². The van der Waals surface area contributed by atoms with Crippen LogP contribution in [0.15, 0.2) is 38.2 Å². The van der Waals surface area contributed by atoms with Crippen LogP contribution in [0, 0.1) is 20.8 Å². The first-order valence-corrected chi connectivity index (χ1v) is 15.9. The van der Waals surface area contributed by atoms with Gasteiger partial charge in [-0.1, -0.05) is 43.9 Å². The van der Waals surface area contributed by atoms with Crippen LogP contribution in [0.3, 0.4) is 0 Å². The van der Waals surface area contributed by atoms with Crippen LogP contribution in [-0.2, 0) is 14.8 Å². The van der Waals surface area contributed by atoms with E-state index >= 15 is 0 Å². The van der Waals surface area contributed by atoms with Crippen molar-refractivity contribution in [1.82, 2.24) is 14.9 Å². The smallest absolute Gasteiger partial charge is 0.354 e. The topological polar surface area (TPSA) is 110 Å². The lowest BCUT2D eigenvalue weighted by Crippen LogP contribution is -2.24. The number of thioether (sulfide) groups is 1.